The van der Waals surface area contributed by atoms with Crippen LogP contribution in [-0.4, -0.2) is 36.9 Å². The molecule has 3 atom stereocenters. The van der Waals surface area contributed by atoms with Crippen LogP contribution in [0.1, 0.15) is 30.7 Å². The number of aromatic nitrogens is 2. The third-order valence-electron chi connectivity index (χ3n) is 3.74. The Bertz CT molecular complexity index is 547. The first-order valence-corrected chi connectivity index (χ1v) is 7.65. The van der Waals surface area contributed by atoms with Gasteiger partial charge in [0.05, 0.1) is 29.6 Å². The van der Waals surface area contributed by atoms with E-state index in [9.17, 15) is 8.42 Å². The number of H-pyrrole nitrogens is 1. The van der Waals surface area contributed by atoms with Crippen LogP contribution in [0.25, 0.3) is 0 Å². The normalized spacial score (nSPS) is 31.1. The largest absolute Gasteiger partial charge is 0.373 e. The lowest BCUT2D eigenvalue weighted by Gasteiger charge is -2.19. The third kappa shape index (κ3) is 1.86. The smallest absolute Gasteiger partial charge is 0.244 e. The molecular weight excluding hydrogens is 254 g/mol. The van der Waals surface area contributed by atoms with Crippen molar-refractivity contribution in [3.8, 4) is 0 Å². The lowest BCUT2D eigenvalue weighted by atomic mass is 9.96. The minimum Gasteiger partial charge on any atom is -0.373 e. The van der Waals surface area contributed by atoms with Crippen LogP contribution in [0.5, 0.6) is 0 Å². The molecule has 3 rings (SSSR count). The topological polar surface area (TPSA) is 84.1 Å². The number of hydrogen-bond donors (Lipinski definition) is 2. The van der Waals surface area contributed by atoms with Crippen LogP contribution in [0.3, 0.4) is 0 Å². The quantitative estimate of drug-likeness (QED) is 0.844. The van der Waals surface area contributed by atoms with E-state index in [4.69, 9.17) is 4.74 Å². The Morgan fingerprint density at radius 2 is 2.17 bits per heavy atom. The minimum atomic E-state index is -3.51. The molecule has 7 heteroatoms. The number of fused-ring (bicyclic) bond motifs is 2. The maximum atomic E-state index is 12.3. The van der Waals surface area contributed by atoms with E-state index in [1.807, 2.05) is 0 Å². The predicted octanol–water partition coefficient (Wildman–Crippen LogP) is 0.625. The summed E-state index contributed by atoms with van der Waals surface area (Å²) >= 11 is 0. The first-order valence-electron chi connectivity index (χ1n) is 6.17. The molecule has 2 fully saturated rings. The minimum absolute atomic E-state index is 0.0392. The van der Waals surface area contributed by atoms with Crippen molar-refractivity contribution in [2.45, 2.75) is 56.3 Å². The fourth-order valence-corrected chi connectivity index (χ4v) is 4.60. The molecule has 2 N–H and O–H groups in total. The molecule has 3 unspecified atom stereocenters. The van der Waals surface area contributed by atoms with Crippen molar-refractivity contribution in [2.75, 3.05) is 0 Å². The van der Waals surface area contributed by atoms with Gasteiger partial charge in [0.25, 0.3) is 0 Å². The Morgan fingerprint density at radius 3 is 2.67 bits per heavy atom. The van der Waals surface area contributed by atoms with E-state index >= 15 is 0 Å². The zero-order valence-corrected chi connectivity index (χ0v) is 11.3. The first-order chi connectivity index (χ1) is 8.47. The number of aromatic amines is 1. The Kier molecular flexibility index (Phi) is 2.72. The summed E-state index contributed by atoms with van der Waals surface area (Å²) in [6.07, 6.45) is 3.04. The standard InChI is InChI=1S/C11H17N3O3S/c1-6-11(7(2)13-12-6)18(15,16)14-9-5-8-3-4-10(9)17-8/h8-10,14H,3-5H2,1-2H3,(H,12,13). The van der Waals surface area contributed by atoms with Crippen molar-refractivity contribution >= 4 is 10.0 Å². The molecule has 0 aliphatic carbocycles. The molecule has 0 amide bonds. The molecule has 2 bridgehead atoms. The molecule has 0 saturated carbocycles. The Balaban J connectivity index is 1.84. The maximum absolute atomic E-state index is 12.3. The Labute approximate surface area is 106 Å². The summed E-state index contributed by atoms with van der Waals surface area (Å²) in [5.74, 6) is 0. The van der Waals surface area contributed by atoms with Crippen molar-refractivity contribution in [1.82, 2.24) is 14.9 Å². The molecule has 1 aromatic rings. The van der Waals surface area contributed by atoms with E-state index in [2.05, 4.69) is 14.9 Å². The SMILES string of the molecule is Cc1n[nH]c(C)c1S(=O)(=O)NC1CC2CCC1O2. The van der Waals surface area contributed by atoms with Crippen LogP contribution in [0.15, 0.2) is 4.90 Å². The number of nitrogens with zero attached hydrogens (tertiary/aromatic N) is 1. The molecular formula is C11H17N3O3S. The number of nitrogens with one attached hydrogen (secondary N) is 2. The van der Waals surface area contributed by atoms with Crippen molar-refractivity contribution in [2.24, 2.45) is 0 Å². The molecule has 0 radical (unpaired) electrons. The Hall–Kier alpha value is -0.920. The zero-order chi connectivity index (χ0) is 12.9. The average molecular weight is 271 g/mol. The summed E-state index contributed by atoms with van der Waals surface area (Å²) in [5.41, 5.74) is 1.08. The van der Waals surface area contributed by atoms with Gasteiger partial charge in [-0.1, -0.05) is 0 Å². The van der Waals surface area contributed by atoms with Crippen LogP contribution in [-0.2, 0) is 14.8 Å². The second kappa shape index (κ2) is 4.04. The molecule has 18 heavy (non-hydrogen) atoms. The summed E-state index contributed by atoms with van der Waals surface area (Å²) in [7, 11) is -3.51. The molecule has 100 valence electrons. The van der Waals surface area contributed by atoms with Gasteiger partial charge in [0.15, 0.2) is 0 Å². The Morgan fingerprint density at radius 1 is 1.39 bits per heavy atom. The van der Waals surface area contributed by atoms with E-state index in [1.54, 1.807) is 13.8 Å². The average Bonchev–Trinajstić information content (AvgIpc) is 2.93. The second-order valence-electron chi connectivity index (χ2n) is 5.10. The van der Waals surface area contributed by atoms with Gasteiger partial charge >= 0.3 is 0 Å². The highest BCUT2D eigenvalue weighted by atomic mass is 32.2. The summed E-state index contributed by atoms with van der Waals surface area (Å²) in [5, 5.41) is 6.63. The second-order valence-corrected chi connectivity index (χ2v) is 6.75. The van der Waals surface area contributed by atoms with Gasteiger partial charge in [-0.25, -0.2) is 13.1 Å². The molecule has 3 heterocycles. The van der Waals surface area contributed by atoms with E-state index in [1.165, 1.54) is 0 Å². The van der Waals surface area contributed by atoms with E-state index < -0.39 is 10.0 Å². The lowest BCUT2D eigenvalue weighted by molar-refractivity contribution is 0.0996. The molecule has 2 aliphatic heterocycles. The van der Waals surface area contributed by atoms with Crippen molar-refractivity contribution in [3.63, 3.8) is 0 Å². The monoisotopic (exact) mass is 271 g/mol. The van der Waals surface area contributed by atoms with Gasteiger partial charge in [-0.05, 0) is 33.1 Å². The number of aryl methyl sites for hydroxylation is 2. The van der Waals surface area contributed by atoms with E-state index in [-0.39, 0.29) is 23.1 Å². The summed E-state index contributed by atoms with van der Waals surface area (Å²) in [6.45, 7) is 3.40. The van der Waals surface area contributed by atoms with Crippen molar-refractivity contribution in [3.05, 3.63) is 11.4 Å². The van der Waals surface area contributed by atoms with Gasteiger partial charge in [0.2, 0.25) is 10.0 Å². The van der Waals surface area contributed by atoms with E-state index in [0.717, 1.165) is 19.3 Å². The summed E-state index contributed by atoms with van der Waals surface area (Å²) in [6, 6.07) is -0.0950. The fraction of sp³-hybridized carbons (Fsp3) is 0.727. The number of ether oxygens (including phenoxy) is 1. The van der Waals surface area contributed by atoms with Gasteiger partial charge in [0, 0.05) is 0 Å². The number of sulfonamides is 1. The highest BCUT2D eigenvalue weighted by Crippen LogP contribution is 2.35. The van der Waals surface area contributed by atoms with Gasteiger partial charge < -0.3 is 4.74 Å². The molecule has 2 saturated heterocycles. The van der Waals surface area contributed by atoms with Crippen LogP contribution in [0, 0.1) is 13.8 Å². The zero-order valence-electron chi connectivity index (χ0n) is 10.4. The van der Waals surface area contributed by atoms with Crippen LogP contribution in [0.2, 0.25) is 0 Å². The molecule has 0 aromatic carbocycles. The number of rotatable bonds is 3. The highest BCUT2D eigenvalue weighted by Gasteiger charge is 2.43. The molecule has 0 spiro atoms. The third-order valence-corrected chi connectivity index (χ3v) is 5.49. The van der Waals surface area contributed by atoms with Crippen LogP contribution < -0.4 is 4.72 Å². The van der Waals surface area contributed by atoms with Gasteiger partial charge in [-0.2, -0.15) is 5.10 Å². The number of hydrogen-bond acceptors (Lipinski definition) is 4. The molecule has 2 aliphatic rings. The van der Waals surface area contributed by atoms with Crippen molar-refractivity contribution in [1.29, 1.82) is 0 Å². The van der Waals surface area contributed by atoms with Crippen molar-refractivity contribution < 1.29 is 13.2 Å². The first kappa shape index (κ1) is 12.1. The molecule has 6 nitrogen and oxygen atoms in total. The van der Waals surface area contributed by atoms with Crippen LogP contribution in [0.4, 0.5) is 0 Å². The highest BCUT2D eigenvalue weighted by molar-refractivity contribution is 7.89. The summed E-state index contributed by atoms with van der Waals surface area (Å²) in [4.78, 5) is 0.269. The maximum Gasteiger partial charge on any atom is 0.244 e. The van der Waals surface area contributed by atoms with Crippen LogP contribution >= 0.6 is 0 Å². The van der Waals surface area contributed by atoms with E-state index in [0.29, 0.717) is 11.4 Å². The van der Waals surface area contributed by atoms with Gasteiger partial charge in [0.1, 0.15) is 4.90 Å². The van der Waals surface area contributed by atoms with Gasteiger partial charge in [-0.3, -0.25) is 5.10 Å². The predicted molar refractivity (Wildman–Crippen MR) is 64.7 cm³/mol. The lowest BCUT2D eigenvalue weighted by Crippen LogP contribution is -2.41. The fourth-order valence-electron chi connectivity index (χ4n) is 2.96. The van der Waals surface area contributed by atoms with Gasteiger partial charge in [-0.15, -0.1) is 0 Å². The molecule has 1 aromatic heterocycles. The summed E-state index contributed by atoms with van der Waals surface area (Å²) < 4.78 is 33.1.